The van der Waals surface area contributed by atoms with E-state index in [9.17, 15) is 4.79 Å². The van der Waals surface area contributed by atoms with Crippen molar-refractivity contribution in [3.05, 3.63) is 23.3 Å². The second-order valence-corrected chi connectivity index (χ2v) is 4.48. The summed E-state index contributed by atoms with van der Waals surface area (Å²) in [6.07, 6.45) is 0.426. The van der Waals surface area contributed by atoms with Gasteiger partial charge in [0.2, 0.25) is 5.91 Å². The molecular weight excluding hydrogens is 234 g/mol. The molecule has 0 aliphatic heterocycles. The van der Waals surface area contributed by atoms with Gasteiger partial charge in [-0.05, 0) is 42.9 Å². The molecule has 1 aromatic rings. The number of amides is 1. The van der Waals surface area contributed by atoms with Gasteiger partial charge >= 0.3 is 0 Å². The Morgan fingerprint density at radius 3 is 2.47 bits per heavy atom. The van der Waals surface area contributed by atoms with Crippen molar-refractivity contribution in [2.45, 2.75) is 20.3 Å². The van der Waals surface area contributed by atoms with Crippen LogP contribution in [0.5, 0.6) is 5.75 Å². The average Bonchev–Trinajstić information content (AvgIpc) is 2.31. The number of thiol groups is 1. The van der Waals surface area contributed by atoms with E-state index in [0.29, 0.717) is 12.2 Å². The molecule has 4 heteroatoms. The first-order valence-electron chi connectivity index (χ1n) is 5.54. The molecule has 0 saturated carbocycles. The van der Waals surface area contributed by atoms with E-state index in [4.69, 9.17) is 4.74 Å². The summed E-state index contributed by atoms with van der Waals surface area (Å²) in [6, 6.07) is 3.93. The summed E-state index contributed by atoms with van der Waals surface area (Å²) in [6.45, 7) is 4.05. The zero-order valence-corrected chi connectivity index (χ0v) is 11.7. The van der Waals surface area contributed by atoms with Crippen molar-refractivity contribution in [2.75, 3.05) is 24.8 Å². The van der Waals surface area contributed by atoms with Crippen LogP contribution in [0.1, 0.15) is 17.5 Å². The van der Waals surface area contributed by atoms with Crippen LogP contribution in [-0.4, -0.2) is 25.8 Å². The number of aryl methyl sites for hydroxylation is 2. The number of hydrogen-bond acceptors (Lipinski definition) is 3. The van der Waals surface area contributed by atoms with Crippen molar-refractivity contribution < 1.29 is 9.53 Å². The molecule has 3 nitrogen and oxygen atoms in total. The summed E-state index contributed by atoms with van der Waals surface area (Å²) in [4.78, 5) is 13.5. The maximum Gasteiger partial charge on any atom is 0.227 e. The Labute approximate surface area is 108 Å². The second kappa shape index (κ2) is 5.96. The number of anilines is 1. The van der Waals surface area contributed by atoms with Gasteiger partial charge in [0.25, 0.3) is 0 Å². The van der Waals surface area contributed by atoms with E-state index in [1.807, 2.05) is 26.0 Å². The van der Waals surface area contributed by atoms with Gasteiger partial charge in [-0.15, -0.1) is 0 Å². The molecule has 0 spiro atoms. The minimum absolute atomic E-state index is 0.0431. The molecule has 0 unspecified atom stereocenters. The SMILES string of the molecule is COc1cc(C)c(C)cc1N(C)C(=O)CCS. The first kappa shape index (κ1) is 13.9. The van der Waals surface area contributed by atoms with Crippen LogP contribution in [-0.2, 0) is 4.79 Å². The molecule has 1 amide bonds. The van der Waals surface area contributed by atoms with Crippen LogP contribution in [0.25, 0.3) is 0 Å². The number of rotatable bonds is 4. The molecule has 1 rings (SSSR count). The molecule has 0 aliphatic rings. The lowest BCUT2D eigenvalue weighted by molar-refractivity contribution is -0.117. The molecule has 0 atom stereocenters. The second-order valence-electron chi connectivity index (χ2n) is 4.03. The van der Waals surface area contributed by atoms with Crippen LogP contribution in [0.4, 0.5) is 5.69 Å². The quantitative estimate of drug-likeness (QED) is 0.836. The molecule has 0 saturated heterocycles. The Bertz CT molecular complexity index is 418. The fraction of sp³-hybridized carbons (Fsp3) is 0.462. The summed E-state index contributed by atoms with van der Waals surface area (Å²) >= 11 is 4.07. The molecule has 0 aromatic heterocycles. The number of nitrogens with zero attached hydrogens (tertiary/aromatic N) is 1. The zero-order valence-electron chi connectivity index (χ0n) is 10.8. The third kappa shape index (κ3) is 3.16. The summed E-state index contributed by atoms with van der Waals surface area (Å²) in [5.41, 5.74) is 3.11. The minimum Gasteiger partial charge on any atom is -0.495 e. The standard InChI is InChI=1S/C13H19NO2S/c1-9-7-11(12(16-4)8-10(9)2)14(3)13(15)5-6-17/h7-8,17H,5-6H2,1-4H3. The monoisotopic (exact) mass is 253 g/mol. The van der Waals surface area contributed by atoms with Gasteiger partial charge in [0.05, 0.1) is 12.8 Å². The fourth-order valence-corrected chi connectivity index (χ4v) is 1.79. The minimum atomic E-state index is 0.0431. The number of hydrogen-bond donors (Lipinski definition) is 1. The predicted molar refractivity (Wildman–Crippen MR) is 74.3 cm³/mol. The largest absolute Gasteiger partial charge is 0.495 e. The van der Waals surface area contributed by atoms with Crippen molar-refractivity contribution in [1.82, 2.24) is 0 Å². The maximum atomic E-state index is 11.8. The first-order chi connectivity index (χ1) is 8.01. The van der Waals surface area contributed by atoms with Crippen molar-refractivity contribution in [3.8, 4) is 5.75 Å². The molecule has 94 valence electrons. The molecule has 0 heterocycles. The van der Waals surface area contributed by atoms with E-state index in [0.717, 1.165) is 22.6 Å². The van der Waals surface area contributed by atoms with Gasteiger partial charge in [0.1, 0.15) is 5.75 Å². The number of benzene rings is 1. The molecule has 0 N–H and O–H groups in total. The molecular formula is C13H19NO2S. The highest BCUT2D eigenvalue weighted by atomic mass is 32.1. The first-order valence-corrected chi connectivity index (χ1v) is 6.17. The molecule has 0 radical (unpaired) electrons. The summed E-state index contributed by atoms with van der Waals surface area (Å²) < 4.78 is 5.32. The smallest absolute Gasteiger partial charge is 0.227 e. The van der Waals surface area contributed by atoms with Crippen LogP contribution in [0, 0.1) is 13.8 Å². The topological polar surface area (TPSA) is 29.5 Å². The lowest BCUT2D eigenvalue weighted by atomic mass is 10.1. The number of carbonyl (C=O) groups excluding carboxylic acids is 1. The van der Waals surface area contributed by atoms with Gasteiger partial charge in [0.15, 0.2) is 0 Å². The van der Waals surface area contributed by atoms with Crippen molar-refractivity contribution in [2.24, 2.45) is 0 Å². The molecule has 0 aliphatic carbocycles. The third-order valence-corrected chi connectivity index (χ3v) is 3.08. The van der Waals surface area contributed by atoms with E-state index >= 15 is 0 Å². The van der Waals surface area contributed by atoms with Gasteiger partial charge in [0, 0.05) is 13.5 Å². The van der Waals surface area contributed by atoms with Crippen LogP contribution in [0.3, 0.4) is 0 Å². The highest BCUT2D eigenvalue weighted by molar-refractivity contribution is 7.80. The number of ether oxygens (including phenoxy) is 1. The Kier molecular flexibility index (Phi) is 4.87. The maximum absolute atomic E-state index is 11.8. The lowest BCUT2D eigenvalue weighted by Gasteiger charge is -2.21. The van der Waals surface area contributed by atoms with Gasteiger partial charge in [-0.1, -0.05) is 0 Å². The van der Waals surface area contributed by atoms with Crippen LogP contribution < -0.4 is 9.64 Å². The predicted octanol–water partition coefficient (Wildman–Crippen LogP) is 2.59. The fourth-order valence-electron chi connectivity index (χ4n) is 1.60. The van der Waals surface area contributed by atoms with Crippen LogP contribution in [0.15, 0.2) is 12.1 Å². The van der Waals surface area contributed by atoms with E-state index in [-0.39, 0.29) is 5.91 Å². The normalized spacial score (nSPS) is 10.2. The Morgan fingerprint density at radius 2 is 1.94 bits per heavy atom. The zero-order chi connectivity index (χ0) is 13.0. The third-order valence-electron chi connectivity index (χ3n) is 2.86. The molecule has 17 heavy (non-hydrogen) atoms. The Morgan fingerprint density at radius 1 is 1.35 bits per heavy atom. The highest BCUT2D eigenvalue weighted by Gasteiger charge is 2.15. The van der Waals surface area contributed by atoms with Crippen LogP contribution >= 0.6 is 12.6 Å². The lowest BCUT2D eigenvalue weighted by Crippen LogP contribution is -2.26. The van der Waals surface area contributed by atoms with E-state index in [2.05, 4.69) is 12.6 Å². The van der Waals surface area contributed by atoms with Gasteiger partial charge in [-0.25, -0.2) is 0 Å². The van der Waals surface area contributed by atoms with Gasteiger partial charge in [-0.3, -0.25) is 4.79 Å². The summed E-state index contributed by atoms with van der Waals surface area (Å²) in [5, 5.41) is 0. The average molecular weight is 253 g/mol. The summed E-state index contributed by atoms with van der Waals surface area (Å²) in [7, 11) is 3.38. The van der Waals surface area contributed by atoms with E-state index in [1.54, 1.807) is 19.1 Å². The molecule has 0 bridgehead atoms. The van der Waals surface area contributed by atoms with Crippen molar-refractivity contribution >= 4 is 24.2 Å². The van der Waals surface area contributed by atoms with Crippen LogP contribution in [0.2, 0.25) is 0 Å². The van der Waals surface area contributed by atoms with Gasteiger partial charge < -0.3 is 9.64 Å². The molecule has 0 fully saturated rings. The van der Waals surface area contributed by atoms with Crippen molar-refractivity contribution in [3.63, 3.8) is 0 Å². The Balaban J connectivity index is 3.11. The number of carbonyl (C=O) groups is 1. The van der Waals surface area contributed by atoms with E-state index < -0.39 is 0 Å². The van der Waals surface area contributed by atoms with E-state index in [1.165, 1.54) is 0 Å². The Hall–Kier alpha value is -1.16. The van der Waals surface area contributed by atoms with Crippen molar-refractivity contribution in [1.29, 1.82) is 0 Å². The molecule has 1 aromatic carbocycles. The number of methoxy groups -OCH3 is 1. The van der Waals surface area contributed by atoms with Gasteiger partial charge in [-0.2, -0.15) is 12.6 Å². The highest BCUT2D eigenvalue weighted by Crippen LogP contribution is 2.30. The summed E-state index contributed by atoms with van der Waals surface area (Å²) in [5.74, 6) is 1.32.